The van der Waals surface area contributed by atoms with Crippen molar-refractivity contribution in [3.63, 3.8) is 0 Å². The third kappa shape index (κ3) is 3.50. The molecule has 0 aliphatic heterocycles. The van der Waals surface area contributed by atoms with Gasteiger partial charge in [-0.3, -0.25) is 4.68 Å². The first kappa shape index (κ1) is 13.4. The number of anilines is 1. The molecule has 0 aromatic carbocycles. The van der Waals surface area contributed by atoms with Crippen LogP contribution in [0.2, 0.25) is 0 Å². The molecule has 1 aromatic rings. The summed E-state index contributed by atoms with van der Waals surface area (Å²) in [4.78, 5) is 0. The van der Waals surface area contributed by atoms with Crippen LogP contribution in [-0.2, 0) is 0 Å². The Morgan fingerprint density at radius 1 is 1.33 bits per heavy atom. The van der Waals surface area contributed by atoms with E-state index in [1.165, 1.54) is 38.5 Å². The minimum atomic E-state index is 0.445. The Balaban J connectivity index is 1.80. The zero-order valence-electron chi connectivity index (χ0n) is 12.0. The maximum absolute atomic E-state index is 4.56. The molecular weight excluding hydrogens is 222 g/mol. The first-order valence-corrected chi connectivity index (χ1v) is 7.50. The predicted molar refractivity (Wildman–Crippen MR) is 76.9 cm³/mol. The highest BCUT2D eigenvalue weighted by Gasteiger charge is 2.20. The molecule has 0 amide bonds. The second-order valence-electron chi connectivity index (χ2n) is 5.93. The maximum atomic E-state index is 4.56. The molecule has 0 unspecified atom stereocenters. The molecule has 3 nitrogen and oxygen atoms in total. The molecule has 18 heavy (non-hydrogen) atoms. The van der Waals surface area contributed by atoms with E-state index in [4.69, 9.17) is 0 Å². The van der Waals surface area contributed by atoms with Gasteiger partial charge < -0.3 is 5.32 Å². The van der Waals surface area contributed by atoms with Gasteiger partial charge in [-0.25, -0.2) is 0 Å². The number of hydrogen-bond donors (Lipinski definition) is 1. The van der Waals surface area contributed by atoms with Gasteiger partial charge in [-0.2, -0.15) is 5.10 Å². The first-order chi connectivity index (χ1) is 8.69. The van der Waals surface area contributed by atoms with Crippen molar-refractivity contribution in [2.24, 2.45) is 5.92 Å². The van der Waals surface area contributed by atoms with Crippen LogP contribution in [0.5, 0.6) is 0 Å². The zero-order valence-corrected chi connectivity index (χ0v) is 12.0. The van der Waals surface area contributed by atoms with Crippen molar-refractivity contribution in [2.75, 3.05) is 5.32 Å². The standard InChI is InChI=1S/C15H27N3/c1-4-5-13-6-8-14(9-7-13)16-15-10-11-18(17-15)12(2)3/h10-14H,4-9H2,1-3H3,(H,16,17). The highest BCUT2D eigenvalue weighted by molar-refractivity contribution is 5.33. The van der Waals surface area contributed by atoms with Crippen LogP contribution in [0.3, 0.4) is 0 Å². The third-order valence-electron chi connectivity index (χ3n) is 4.03. The molecule has 0 radical (unpaired) electrons. The van der Waals surface area contributed by atoms with Crippen molar-refractivity contribution >= 4 is 5.82 Å². The molecule has 1 fully saturated rings. The van der Waals surface area contributed by atoms with Crippen molar-refractivity contribution in [2.45, 2.75) is 71.4 Å². The lowest BCUT2D eigenvalue weighted by Gasteiger charge is -2.28. The maximum Gasteiger partial charge on any atom is 0.148 e. The van der Waals surface area contributed by atoms with E-state index in [-0.39, 0.29) is 0 Å². The molecule has 2 rings (SSSR count). The summed E-state index contributed by atoms with van der Waals surface area (Å²) in [6.45, 7) is 6.61. The Hall–Kier alpha value is -0.990. The Morgan fingerprint density at radius 2 is 2.06 bits per heavy atom. The van der Waals surface area contributed by atoms with Crippen molar-refractivity contribution in [1.29, 1.82) is 0 Å². The van der Waals surface area contributed by atoms with E-state index in [9.17, 15) is 0 Å². The number of rotatable bonds is 5. The van der Waals surface area contributed by atoms with Gasteiger partial charge in [0.25, 0.3) is 0 Å². The molecule has 1 aliphatic carbocycles. The summed E-state index contributed by atoms with van der Waals surface area (Å²) in [6.07, 6.45) is 10.2. The molecule has 0 spiro atoms. The van der Waals surface area contributed by atoms with Gasteiger partial charge in [0.15, 0.2) is 0 Å². The molecule has 1 aromatic heterocycles. The second-order valence-corrected chi connectivity index (χ2v) is 5.93. The molecule has 0 atom stereocenters. The quantitative estimate of drug-likeness (QED) is 0.846. The van der Waals surface area contributed by atoms with Crippen LogP contribution >= 0.6 is 0 Å². The first-order valence-electron chi connectivity index (χ1n) is 7.50. The van der Waals surface area contributed by atoms with Gasteiger partial charge in [0.1, 0.15) is 5.82 Å². The molecule has 1 N–H and O–H groups in total. The number of nitrogens with zero attached hydrogens (tertiary/aromatic N) is 2. The molecular formula is C15H27N3. The molecule has 0 saturated heterocycles. The molecule has 0 bridgehead atoms. The van der Waals surface area contributed by atoms with E-state index in [1.807, 2.05) is 4.68 Å². The van der Waals surface area contributed by atoms with Crippen molar-refractivity contribution < 1.29 is 0 Å². The minimum absolute atomic E-state index is 0.445. The normalized spacial score (nSPS) is 24.4. The third-order valence-corrected chi connectivity index (χ3v) is 4.03. The smallest absolute Gasteiger partial charge is 0.148 e. The lowest BCUT2D eigenvalue weighted by atomic mass is 9.83. The fourth-order valence-corrected chi connectivity index (χ4v) is 2.92. The van der Waals surface area contributed by atoms with E-state index in [1.54, 1.807) is 0 Å². The van der Waals surface area contributed by atoms with Gasteiger partial charge in [-0.1, -0.05) is 19.8 Å². The average molecular weight is 249 g/mol. The van der Waals surface area contributed by atoms with E-state index < -0.39 is 0 Å². The van der Waals surface area contributed by atoms with Gasteiger partial charge in [-0.05, 0) is 45.4 Å². The van der Waals surface area contributed by atoms with Gasteiger partial charge >= 0.3 is 0 Å². The van der Waals surface area contributed by atoms with Gasteiger partial charge in [0.2, 0.25) is 0 Å². The SMILES string of the molecule is CCCC1CCC(Nc2ccn(C(C)C)n2)CC1. The highest BCUT2D eigenvalue weighted by Crippen LogP contribution is 2.29. The second kappa shape index (κ2) is 6.26. The molecule has 3 heteroatoms. The number of nitrogens with one attached hydrogen (secondary N) is 1. The Bertz CT molecular complexity index is 348. The summed E-state index contributed by atoms with van der Waals surface area (Å²) in [5, 5.41) is 8.15. The van der Waals surface area contributed by atoms with E-state index in [0.717, 1.165) is 11.7 Å². The predicted octanol–water partition coefficient (Wildman–Crippen LogP) is 4.23. The monoisotopic (exact) mass is 249 g/mol. The Labute approximate surface area is 111 Å². The summed E-state index contributed by atoms with van der Waals surface area (Å²) in [5.74, 6) is 2.02. The van der Waals surface area contributed by atoms with Gasteiger partial charge in [0, 0.05) is 24.3 Å². The van der Waals surface area contributed by atoms with E-state index >= 15 is 0 Å². The summed E-state index contributed by atoms with van der Waals surface area (Å²) >= 11 is 0. The van der Waals surface area contributed by atoms with Crippen LogP contribution in [0, 0.1) is 5.92 Å². The van der Waals surface area contributed by atoms with Crippen LogP contribution < -0.4 is 5.32 Å². The summed E-state index contributed by atoms with van der Waals surface area (Å²) < 4.78 is 2.02. The van der Waals surface area contributed by atoms with Crippen molar-refractivity contribution in [3.05, 3.63) is 12.3 Å². The van der Waals surface area contributed by atoms with Crippen LogP contribution in [-0.4, -0.2) is 15.8 Å². The largest absolute Gasteiger partial charge is 0.366 e. The van der Waals surface area contributed by atoms with Crippen LogP contribution in [0.4, 0.5) is 5.82 Å². The van der Waals surface area contributed by atoms with Gasteiger partial charge in [-0.15, -0.1) is 0 Å². The fourth-order valence-electron chi connectivity index (χ4n) is 2.92. The fraction of sp³-hybridized carbons (Fsp3) is 0.800. The molecule has 1 heterocycles. The van der Waals surface area contributed by atoms with Gasteiger partial charge in [0.05, 0.1) is 0 Å². The van der Waals surface area contributed by atoms with E-state index in [2.05, 4.69) is 43.4 Å². The highest BCUT2D eigenvalue weighted by atomic mass is 15.3. The lowest BCUT2D eigenvalue weighted by molar-refractivity contribution is 0.318. The minimum Gasteiger partial charge on any atom is -0.366 e. The Kier molecular flexibility index (Phi) is 4.67. The van der Waals surface area contributed by atoms with Crippen molar-refractivity contribution in [1.82, 2.24) is 9.78 Å². The lowest BCUT2D eigenvalue weighted by Crippen LogP contribution is -2.26. The average Bonchev–Trinajstić information content (AvgIpc) is 2.81. The summed E-state index contributed by atoms with van der Waals surface area (Å²) in [7, 11) is 0. The summed E-state index contributed by atoms with van der Waals surface area (Å²) in [6, 6.07) is 3.17. The van der Waals surface area contributed by atoms with Crippen LogP contribution in [0.15, 0.2) is 12.3 Å². The zero-order chi connectivity index (χ0) is 13.0. The van der Waals surface area contributed by atoms with Crippen LogP contribution in [0.1, 0.15) is 65.3 Å². The topological polar surface area (TPSA) is 29.9 Å². The molecule has 1 saturated carbocycles. The number of hydrogen-bond acceptors (Lipinski definition) is 2. The van der Waals surface area contributed by atoms with E-state index in [0.29, 0.717) is 12.1 Å². The number of aromatic nitrogens is 2. The van der Waals surface area contributed by atoms with Crippen molar-refractivity contribution in [3.8, 4) is 0 Å². The summed E-state index contributed by atoms with van der Waals surface area (Å²) in [5.41, 5.74) is 0. The molecule has 102 valence electrons. The Morgan fingerprint density at radius 3 is 2.61 bits per heavy atom. The van der Waals surface area contributed by atoms with Crippen LogP contribution in [0.25, 0.3) is 0 Å². The molecule has 1 aliphatic rings.